The van der Waals surface area contributed by atoms with Gasteiger partial charge in [0, 0.05) is 4.88 Å². The van der Waals surface area contributed by atoms with E-state index in [1.54, 1.807) is 24.3 Å². The van der Waals surface area contributed by atoms with Gasteiger partial charge in [-0.15, -0.1) is 22.7 Å². The van der Waals surface area contributed by atoms with E-state index in [0.29, 0.717) is 21.6 Å². The van der Waals surface area contributed by atoms with Gasteiger partial charge in [-0.2, -0.15) is 0 Å². The van der Waals surface area contributed by atoms with E-state index in [1.165, 1.54) is 0 Å². The van der Waals surface area contributed by atoms with Gasteiger partial charge < -0.3 is 10.1 Å². The molecule has 0 aromatic carbocycles. The molecule has 3 heterocycles. The number of carboxylic acids is 1. The van der Waals surface area contributed by atoms with Crippen LogP contribution in [0.5, 0.6) is 0 Å². The summed E-state index contributed by atoms with van der Waals surface area (Å²) in [6, 6.07) is 2.02. The second-order valence-corrected chi connectivity index (χ2v) is 6.74. The highest BCUT2D eigenvalue weighted by Crippen LogP contribution is 2.27. The van der Waals surface area contributed by atoms with Crippen molar-refractivity contribution >= 4 is 51.0 Å². The average molecular weight is 332 g/mol. The molecule has 0 radical (unpaired) electrons. The van der Waals surface area contributed by atoms with Gasteiger partial charge in [-0.05, 0) is 48.6 Å². The highest BCUT2D eigenvalue weighted by Gasteiger charge is 2.18. The first-order valence-corrected chi connectivity index (χ1v) is 8.16. The van der Waals surface area contributed by atoms with Crippen molar-refractivity contribution in [2.75, 3.05) is 0 Å². The normalized spacial score (nSPS) is 11.5. The standard InChI is InChI=1S/C15H12N2O3S2/c1-7-5-6-21-9(7)3-4-10-16-13(18)11-8(2)12(15(19)20)22-14(11)17-10/h3-6H,1-2H3,(H,19,20)(H,16,17,18)/b4-3+. The molecule has 0 aliphatic carbocycles. The van der Waals surface area contributed by atoms with Crippen LogP contribution in [-0.4, -0.2) is 21.0 Å². The molecule has 0 aliphatic rings. The summed E-state index contributed by atoms with van der Waals surface area (Å²) in [5.74, 6) is -0.616. The molecule has 7 heteroatoms. The molecule has 3 aromatic heterocycles. The molecule has 0 saturated carbocycles. The van der Waals surface area contributed by atoms with Crippen molar-refractivity contribution in [1.29, 1.82) is 0 Å². The van der Waals surface area contributed by atoms with Gasteiger partial charge in [-0.3, -0.25) is 4.79 Å². The molecular formula is C15H12N2O3S2. The predicted molar refractivity (Wildman–Crippen MR) is 89.9 cm³/mol. The third kappa shape index (κ3) is 2.49. The third-order valence-electron chi connectivity index (χ3n) is 3.31. The summed E-state index contributed by atoms with van der Waals surface area (Å²) in [5, 5.41) is 11.5. The molecule has 0 unspecified atom stereocenters. The minimum absolute atomic E-state index is 0.156. The maximum atomic E-state index is 12.2. The number of aryl methyl sites for hydroxylation is 2. The Kier molecular flexibility index (Phi) is 3.67. The number of carbonyl (C=O) groups is 1. The highest BCUT2D eigenvalue weighted by atomic mass is 32.1. The summed E-state index contributed by atoms with van der Waals surface area (Å²) in [6.45, 7) is 3.64. The Morgan fingerprint density at radius 3 is 2.77 bits per heavy atom. The Hall–Kier alpha value is -2.25. The Labute approximate surface area is 133 Å². The second kappa shape index (κ2) is 5.51. The molecule has 0 bridgehead atoms. The monoisotopic (exact) mass is 332 g/mol. The predicted octanol–water partition coefficient (Wildman–Crippen LogP) is 3.53. The minimum atomic E-state index is -1.04. The van der Waals surface area contributed by atoms with Crippen LogP contribution in [0.25, 0.3) is 22.4 Å². The summed E-state index contributed by atoms with van der Waals surface area (Å²) >= 11 is 2.63. The molecule has 0 amide bonds. The van der Waals surface area contributed by atoms with Gasteiger partial charge in [-0.1, -0.05) is 0 Å². The van der Waals surface area contributed by atoms with Crippen molar-refractivity contribution < 1.29 is 9.90 Å². The van der Waals surface area contributed by atoms with E-state index in [4.69, 9.17) is 5.11 Å². The maximum Gasteiger partial charge on any atom is 0.346 e. The molecule has 0 spiro atoms. The van der Waals surface area contributed by atoms with Crippen molar-refractivity contribution in [2.45, 2.75) is 13.8 Å². The van der Waals surface area contributed by atoms with Gasteiger partial charge >= 0.3 is 5.97 Å². The number of aromatic nitrogens is 2. The van der Waals surface area contributed by atoms with E-state index >= 15 is 0 Å². The van der Waals surface area contributed by atoms with Crippen LogP contribution >= 0.6 is 22.7 Å². The Morgan fingerprint density at radius 1 is 1.36 bits per heavy atom. The molecule has 112 valence electrons. The molecule has 0 atom stereocenters. The summed E-state index contributed by atoms with van der Waals surface area (Å²) in [7, 11) is 0. The number of H-pyrrole nitrogens is 1. The number of aromatic amines is 1. The molecule has 2 N–H and O–H groups in total. The van der Waals surface area contributed by atoms with Gasteiger partial charge in [0.15, 0.2) is 0 Å². The molecule has 5 nitrogen and oxygen atoms in total. The van der Waals surface area contributed by atoms with Crippen molar-refractivity contribution in [3.8, 4) is 0 Å². The van der Waals surface area contributed by atoms with Crippen molar-refractivity contribution in [1.82, 2.24) is 9.97 Å². The number of carboxylic acid groups (broad SMARTS) is 1. The van der Waals surface area contributed by atoms with E-state index in [0.717, 1.165) is 21.8 Å². The zero-order valence-electron chi connectivity index (χ0n) is 11.8. The first kappa shape index (κ1) is 14.7. The van der Waals surface area contributed by atoms with Crippen molar-refractivity contribution in [3.63, 3.8) is 0 Å². The lowest BCUT2D eigenvalue weighted by molar-refractivity contribution is 0.0701. The first-order chi connectivity index (χ1) is 10.5. The number of nitrogens with one attached hydrogen (secondary N) is 1. The number of nitrogens with zero attached hydrogens (tertiary/aromatic N) is 1. The largest absolute Gasteiger partial charge is 0.477 e. The fourth-order valence-corrected chi connectivity index (χ4v) is 4.00. The lowest BCUT2D eigenvalue weighted by atomic mass is 10.2. The number of hydrogen-bond donors (Lipinski definition) is 2. The van der Waals surface area contributed by atoms with Gasteiger partial charge in [0.05, 0.1) is 5.39 Å². The van der Waals surface area contributed by atoms with Crippen molar-refractivity contribution in [2.24, 2.45) is 0 Å². The topological polar surface area (TPSA) is 83.0 Å². The average Bonchev–Trinajstić information content (AvgIpc) is 3.00. The van der Waals surface area contributed by atoms with E-state index in [2.05, 4.69) is 9.97 Å². The molecule has 3 aromatic rings. The van der Waals surface area contributed by atoms with Gasteiger partial charge in [0.25, 0.3) is 5.56 Å². The molecule has 0 fully saturated rings. The Balaban J connectivity index is 2.10. The van der Waals surface area contributed by atoms with E-state index < -0.39 is 5.97 Å². The maximum absolute atomic E-state index is 12.2. The minimum Gasteiger partial charge on any atom is -0.477 e. The molecule has 0 saturated heterocycles. The van der Waals surface area contributed by atoms with Crippen LogP contribution in [0.1, 0.15) is 31.5 Å². The summed E-state index contributed by atoms with van der Waals surface area (Å²) in [6.07, 6.45) is 3.62. The van der Waals surface area contributed by atoms with E-state index in [-0.39, 0.29) is 10.4 Å². The second-order valence-electron chi connectivity index (χ2n) is 4.79. The van der Waals surface area contributed by atoms with Crippen LogP contribution in [0.3, 0.4) is 0 Å². The highest BCUT2D eigenvalue weighted by molar-refractivity contribution is 7.20. The van der Waals surface area contributed by atoms with Crippen LogP contribution in [0, 0.1) is 13.8 Å². The Bertz CT molecular complexity index is 963. The van der Waals surface area contributed by atoms with Gasteiger partial charge in [0.1, 0.15) is 15.5 Å². The van der Waals surface area contributed by atoms with E-state index in [9.17, 15) is 9.59 Å². The quantitative estimate of drug-likeness (QED) is 0.768. The molecule has 22 heavy (non-hydrogen) atoms. The van der Waals surface area contributed by atoms with Gasteiger partial charge in [0.2, 0.25) is 0 Å². The summed E-state index contributed by atoms with van der Waals surface area (Å²) in [4.78, 5) is 32.1. The number of rotatable bonds is 3. The lowest BCUT2D eigenvalue weighted by Crippen LogP contribution is -2.09. The van der Waals surface area contributed by atoms with E-state index in [1.807, 2.05) is 24.4 Å². The summed E-state index contributed by atoms with van der Waals surface area (Å²) in [5.41, 5.74) is 1.31. The lowest BCUT2D eigenvalue weighted by Gasteiger charge is -1.95. The van der Waals surface area contributed by atoms with Crippen LogP contribution in [0.2, 0.25) is 0 Å². The molecular weight excluding hydrogens is 320 g/mol. The number of hydrogen-bond acceptors (Lipinski definition) is 5. The van der Waals surface area contributed by atoms with Crippen LogP contribution in [-0.2, 0) is 0 Å². The first-order valence-electron chi connectivity index (χ1n) is 6.46. The third-order valence-corrected chi connectivity index (χ3v) is 5.47. The van der Waals surface area contributed by atoms with Crippen LogP contribution in [0.4, 0.5) is 0 Å². The molecule has 3 rings (SSSR count). The number of thiophene rings is 2. The van der Waals surface area contributed by atoms with Gasteiger partial charge in [-0.25, -0.2) is 9.78 Å². The fourth-order valence-electron chi connectivity index (χ4n) is 2.15. The zero-order valence-corrected chi connectivity index (χ0v) is 13.5. The van der Waals surface area contributed by atoms with Crippen LogP contribution in [0.15, 0.2) is 16.2 Å². The zero-order chi connectivity index (χ0) is 15.9. The number of fused-ring (bicyclic) bond motifs is 1. The Morgan fingerprint density at radius 2 is 2.14 bits per heavy atom. The summed E-state index contributed by atoms with van der Waals surface area (Å²) < 4.78 is 0. The smallest absolute Gasteiger partial charge is 0.346 e. The van der Waals surface area contributed by atoms with Crippen molar-refractivity contribution in [3.05, 3.63) is 48.5 Å². The van der Waals surface area contributed by atoms with Crippen LogP contribution < -0.4 is 5.56 Å². The number of aromatic carboxylic acids is 1. The molecule has 0 aliphatic heterocycles. The fraction of sp³-hybridized carbons (Fsp3) is 0.133. The SMILES string of the molecule is Cc1ccsc1/C=C/c1nc2sc(C(=O)O)c(C)c2c(=O)[nH]1.